The molecule has 0 saturated carbocycles. The minimum Gasteiger partial charge on any atom is -0.370 e. The molecule has 0 aromatic carbocycles. The van der Waals surface area contributed by atoms with Crippen LogP contribution in [0.3, 0.4) is 0 Å². The molecule has 0 fully saturated rings. The smallest absolute Gasteiger partial charge is 0.123 e. The highest BCUT2D eigenvalue weighted by Gasteiger charge is 2.09. The molecule has 1 heterocycles. The maximum Gasteiger partial charge on any atom is 0.123 e. The first-order valence-electron chi connectivity index (χ1n) is 4.67. The lowest BCUT2D eigenvalue weighted by Gasteiger charge is -2.14. The van der Waals surface area contributed by atoms with Crippen LogP contribution in [0.5, 0.6) is 0 Å². The van der Waals surface area contributed by atoms with E-state index in [2.05, 4.69) is 22.5 Å². The fourth-order valence-corrected chi connectivity index (χ4v) is 1.41. The van der Waals surface area contributed by atoms with Crippen molar-refractivity contribution in [3.05, 3.63) is 24.3 Å². The van der Waals surface area contributed by atoms with Gasteiger partial charge in [0.1, 0.15) is 12.4 Å². The molecule has 1 atom stereocenters. The van der Waals surface area contributed by atoms with Gasteiger partial charge in [-0.1, -0.05) is 24.3 Å². The summed E-state index contributed by atoms with van der Waals surface area (Å²) in [5.74, 6) is 0.989. The molecule has 0 saturated heterocycles. The van der Waals surface area contributed by atoms with Crippen LogP contribution in [-0.2, 0) is 4.74 Å². The standard InChI is InChI=1S/C10H14N2O/c1-2-4-9(5-3-1)13-8-10-11-6-7-12-10/h1-4,9H,5-8H2,(H,11,12). The first-order valence-corrected chi connectivity index (χ1v) is 4.67. The predicted molar refractivity (Wildman–Crippen MR) is 52.9 cm³/mol. The van der Waals surface area contributed by atoms with Gasteiger partial charge >= 0.3 is 0 Å². The average Bonchev–Trinajstić information content (AvgIpc) is 2.69. The molecule has 0 aromatic rings. The van der Waals surface area contributed by atoms with E-state index in [0.717, 1.165) is 25.3 Å². The molecular weight excluding hydrogens is 164 g/mol. The zero-order chi connectivity index (χ0) is 8.93. The Morgan fingerprint density at radius 1 is 1.54 bits per heavy atom. The molecule has 0 spiro atoms. The summed E-state index contributed by atoms with van der Waals surface area (Å²) in [6, 6.07) is 0. The molecule has 2 aliphatic rings. The van der Waals surface area contributed by atoms with Crippen LogP contribution in [0.25, 0.3) is 0 Å². The van der Waals surface area contributed by atoms with E-state index in [1.165, 1.54) is 0 Å². The Bertz CT molecular complexity index is 256. The Morgan fingerprint density at radius 3 is 3.23 bits per heavy atom. The molecule has 0 radical (unpaired) electrons. The van der Waals surface area contributed by atoms with Crippen LogP contribution >= 0.6 is 0 Å². The quantitative estimate of drug-likeness (QED) is 0.696. The third kappa shape index (κ3) is 2.42. The van der Waals surface area contributed by atoms with Crippen LogP contribution in [0, 0.1) is 0 Å². The Hall–Kier alpha value is -1.09. The summed E-state index contributed by atoms with van der Waals surface area (Å²) in [6.07, 6.45) is 9.48. The van der Waals surface area contributed by atoms with Crippen molar-refractivity contribution < 1.29 is 4.74 Å². The molecule has 3 nitrogen and oxygen atoms in total. The third-order valence-corrected chi connectivity index (χ3v) is 2.12. The van der Waals surface area contributed by atoms with Crippen LogP contribution < -0.4 is 5.32 Å². The van der Waals surface area contributed by atoms with Crippen LogP contribution in [0.2, 0.25) is 0 Å². The topological polar surface area (TPSA) is 33.6 Å². The van der Waals surface area contributed by atoms with Crippen LogP contribution in [-0.4, -0.2) is 31.6 Å². The summed E-state index contributed by atoms with van der Waals surface area (Å²) in [7, 11) is 0. The van der Waals surface area contributed by atoms with Gasteiger partial charge < -0.3 is 10.1 Å². The molecule has 1 aliphatic carbocycles. The molecule has 70 valence electrons. The van der Waals surface area contributed by atoms with Crippen molar-refractivity contribution in [2.45, 2.75) is 12.5 Å². The van der Waals surface area contributed by atoms with Crippen molar-refractivity contribution in [1.29, 1.82) is 0 Å². The molecule has 1 N–H and O–H groups in total. The Balaban J connectivity index is 1.73. The van der Waals surface area contributed by atoms with Crippen molar-refractivity contribution in [3.8, 4) is 0 Å². The van der Waals surface area contributed by atoms with Gasteiger partial charge in [-0.3, -0.25) is 4.99 Å². The van der Waals surface area contributed by atoms with E-state index in [0.29, 0.717) is 6.61 Å². The first kappa shape index (κ1) is 8.51. The van der Waals surface area contributed by atoms with E-state index >= 15 is 0 Å². The van der Waals surface area contributed by atoms with Gasteiger partial charge in [-0.25, -0.2) is 0 Å². The minimum atomic E-state index is 0.232. The maximum atomic E-state index is 5.64. The van der Waals surface area contributed by atoms with Crippen molar-refractivity contribution >= 4 is 5.84 Å². The Morgan fingerprint density at radius 2 is 2.54 bits per heavy atom. The average molecular weight is 178 g/mol. The van der Waals surface area contributed by atoms with E-state index in [9.17, 15) is 0 Å². The number of aliphatic imine (C=N–C) groups is 1. The maximum absolute atomic E-state index is 5.64. The SMILES string of the molecule is C1=CCC(OCC2=NCCN2)C=C1. The van der Waals surface area contributed by atoms with Crippen molar-refractivity contribution in [3.63, 3.8) is 0 Å². The highest BCUT2D eigenvalue weighted by Crippen LogP contribution is 2.07. The summed E-state index contributed by atoms with van der Waals surface area (Å²) in [4.78, 5) is 4.26. The molecule has 13 heavy (non-hydrogen) atoms. The van der Waals surface area contributed by atoms with Gasteiger partial charge in [-0.15, -0.1) is 0 Å². The zero-order valence-electron chi connectivity index (χ0n) is 7.57. The predicted octanol–water partition coefficient (Wildman–Crippen LogP) is 0.889. The van der Waals surface area contributed by atoms with E-state index in [-0.39, 0.29) is 6.10 Å². The third-order valence-electron chi connectivity index (χ3n) is 2.12. The summed E-state index contributed by atoms with van der Waals surface area (Å²) in [5.41, 5.74) is 0. The van der Waals surface area contributed by atoms with Crippen LogP contribution in [0.15, 0.2) is 29.3 Å². The highest BCUT2D eigenvalue weighted by molar-refractivity contribution is 5.84. The summed E-state index contributed by atoms with van der Waals surface area (Å²) < 4.78 is 5.64. The lowest BCUT2D eigenvalue weighted by Crippen LogP contribution is -2.26. The number of allylic oxidation sites excluding steroid dienone is 2. The van der Waals surface area contributed by atoms with Gasteiger partial charge in [0.25, 0.3) is 0 Å². The number of hydrogen-bond donors (Lipinski definition) is 1. The van der Waals surface area contributed by atoms with Crippen molar-refractivity contribution in [2.24, 2.45) is 4.99 Å². The van der Waals surface area contributed by atoms with Crippen molar-refractivity contribution in [1.82, 2.24) is 5.32 Å². The second-order valence-electron chi connectivity index (χ2n) is 3.15. The second kappa shape index (κ2) is 4.23. The monoisotopic (exact) mass is 178 g/mol. The van der Waals surface area contributed by atoms with Gasteiger partial charge in [0.05, 0.1) is 12.6 Å². The fourth-order valence-electron chi connectivity index (χ4n) is 1.41. The summed E-state index contributed by atoms with van der Waals surface area (Å²) in [6.45, 7) is 2.46. The van der Waals surface area contributed by atoms with E-state index in [1.54, 1.807) is 0 Å². The summed E-state index contributed by atoms with van der Waals surface area (Å²) >= 11 is 0. The van der Waals surface area contributed by atoms with Gasteiger partial charge in [-0.05, 0) is 6.42 Å². The number of rotatable bonds is 3. The lowest BCUT2D eigenvalue weighted by molar-refractivity contribution is 0.118. The zero-order valence-corrected chi connectivity index (χ0v) is 7.57. The second-order valence-corrected chi connectivity index (χ2v) is 3.15. The van der Waals surface area contributed by atoms with Gasteiger partial charge in [-0.2, -0.15) is 0 Å². The number of ether oxygens (including phenoxy) is 1. The number of amidine groups is 1. The Labute approximate surface area is 78.2 Å². The number of nitrogens with one attached hydrogen (secondary N) is 1. The van der Waals surface area contributed by atoms with Crippen LogP contribution in [0.4, 0.5) is 0 Å². The summed E-state index contributed by atoms with van der Waals surface area (Å²) in [5, 5.41) is 3.18. The molecule has 0 aromatic heterocycles. The van der Waals surface area contributed by atoms with Gasteiger partial charge in [0, 0.05) is 6.54 Å². The minimum absolute atomic E-state index is 0.232. The first-order chi connectivity index (χ1) is 6.45. The lowest BCUT2D eigenvalue weighted by atomic mass is 10.1. The molecule has 0 bridgehead atoms. The highest BCUT2D eigenvalue weighted by atomic mass is 16.5. The van der Waals surface area contributed by atoms with E-state index in [1.807, 2.05) is 12.2 Å². The Kier molecular flexibility index (Phi) is 2.77. The normalized spacial score (nSPS) is 25.8. The largest absolute Gasteiger partial charge is 0.370 e. The van der Waals surface area contributed by atoms with E-state index in [4.69, 9.17) is 4.74 Å². The molecule has 3 heteroatoms. The molecule has 1 aliphatic heterocycles. The van der Waals surface area contributed by atoms with Gasteiger partial charge in [0.15, 0.2) is 0 Å². The number of nitrogens with zero attached hydrogens (tertiary/aromatic N) is 1. The fraction of sp³-hybridized carbons (Fsp3) is 0.500. The van der Waals surface area contributed by atoms with Crippen molar-refractivity contribution in [2.75, 3.05) is 19.7 Å². The van der Waals surface area contributed by atoms with Gasteiger partial charge in [0.2, 0.25) is 0 Å². The number of hydrogen-bond acceptors (Lipinski definition) is 3. The van der Waals surface area contributed by atoms with E-state index < -0.39 is 0 Å². The molecule has 1 unspecified atom stereocenters. The molecule has 2 rings (SSSR count). The van der Waals surface area contributed by atoms with Crippen LogP contribution in [0.1, 0.15) is 6.42 Å². The molecular formula is C10H14N2O. The molecule has 0 amide bonds.